The number of ether oxygens (including phenoxy) is 2. The number of halogens is 1. The molecule has 1 aliphatic rings. The topological polar surface area (TPSA) is 22.3 Å². The van der Waals surface area contributed by atoms with Gasteiger partial charge in [-0.1, -0.05) is 54.6 Å². The Bertz CT molecular complexity index is 889. The van der Waals surface area contributed by atoms with E-state index in [0.29, 0.717) is 0 Å². The van der Waals surface area contributed by atoms with Crippen LogP contribution in [0, 0.1) is 0 Å². The maximum atomic E-state index is 5.68. The number of hydrogen-bond acceptors (Lipinski definition) is 2. The molecule has 2 aromatic carbocycles. The van der Waals surface area contributed by atoms with Crippen LogP contribution in [0.25, 0.3) is 23.1 Å². The summed E-state index contributed by atoms with van der Waals surface area (Å²) in [4.78, 5) is 0. The van der Waals surface area contributed by atoms with E-state index in [-0.39, 0.29) is 23.3 Å². The molecule has 3 nitrogen and oxygen atoms in total. The van der Waals surface area contributed by atoms with E-state index in [0.717, 1.165) is 32.6 Å². The molecule has 0 atom stereocenters. The van der Waals surface area contributed by atoms with Crippen LogP contribution in [0.1, 0.15) is 24.0 Å². The summed E-state index contributed by atoms with van der Waals surface area (Å²) in [7, 11) is 0. The van der Waals surface area contributed by atoms with Gasteiger partial charge in [-0.15, -0.1) is 0 Å². The third kappa shape index (κ3) is 5.04. The molecule has 1 saturated heterocycles. The molecule has 1 aliphatic heterocycles. The predicted octanol–water partition coefficient (Wildman–Crippen LogP) is 1.45. The van der Waals surface area contributed by atoms with E-state index in [4.69, 9.17) is 9.47 Å². The average Bonchev–Trinajstić information content (AvgIpc) is 2.72. The van der Waals surface area contributed by atoms with Gasteiger partial charge in [-0.25, -0.2) is 0 Å². The number of pyridine rings is 1. The van der Waals surface area contributed by atoms with Crippen LogP contribution in [0.15, 0.2) is 66.9 Å². The summed E-state index contributed by atoms with van der Waals surface area (Å²) in [6.07, 6.45) is 8.30. The number of aryl methyl sites for hydroxylation is 1. The Hall–Kier alpha value is -2.01. The second kappa shape index (κ2) is 9.79. The van der Waals surface area contributed by atoms with Crippen molar-refractivity contribution in [2.24, 2.45) is 0 Å². The summed E-state index contributed by atoms with van der Waals surface area (Å²) in [5.41, 5.74) is 3.67. The van der Waals surface area contributed by atoms with E-state index in [9.17, 15) is 0 Å². The van der Waals surface area contributed by atoms with Gasteiger partial charge in [-0.05, 0) is 23.6 Å². The molecule has 2 heterocycles. The Balaban J connectivity index is 0.00000210. The standard InChI is InChI=1S/C23H24NO2.BrH/c1-2-7-19(8-3-1)11-12-20-13-15-24(22-10-5-4-9-21(20)22)16-14-23-25-17-6-18-26-23;/h1-5,7-13,15,23H,6,14,16-18H2;1H/q+1;/p-1. The van der Waals surface area contributed by atoms with E-state index in [1.165, 1.54) is 22.0 Å². The van der Waals surface area contributed by atoms with Crippen LogP contribution in [-0.4, -0.2) is 19.5 Å². The first-order valence-electron chi connectivity index (χ1n) is 9.28. The van der Waals surface area contributed by atoms with Crippen LogP contribution in [0.4, 0.5) is 0 Å². The molecule has 27 heavy (non-hydrogen) atoms. The molecule has 1 aromatic heterocycles. The van der Waals surface area contributed by atoms with Crippen molar-refractivity contribution < 1.29 is 31.0 Å². The highest BCUT2D eigenvalue weighted by molar-refractivity contribution is 5.88. The first kappa shape index (κ1) is 19.7. The summed E-state index contributed by atoms with van der Waals surface area (Å²) in [6.45, 7) is 2.49. The van der Waals surface area contributed by atoms with Gasteiger partial charge in [0.2, 0.25) is 5.52 Å². The third-order valence-corrected chi connectivity index (χ3v) is 4.72. The largest absolute Gasteiger partial charge is 1.00 e. The lowest BCUT2D eigenvalue weighted by Crippen LogP contribution is -3.00. The van der Waals surface area contributed by atoms with E-state index >= 15 is 0 Å². The smallest absolute Gasteiger partial charge is 0.213 e. The minimum absolute atomic E-state index is 0. The average molecular weight is 426 g/mol. The fraction of sp³-hybridized carbons (Fsp3) is 0.261. The summed E-state index contributed by atoms with van der Waals surface area (Å²) in [5, 5.41) is 1.26. The zero-order chi connectivity index (χ0) is 17.6. The Kier molecular flexibility index (Phi) is 7.16. The SMILES string of the molecule is C(=Cc1cc[n+](CCC2OCCCO2)c2ccccc12)c1ccccc1.[Br-]. The van der Waals surface area contributed by atoms with Crippen LogP contribution in [0.5, 0.6) is 0 Å². The molecule has 0 aliphatic carbocycles. The first-order chi connectivity index (χ1) is 12.9. The number of nitrogens with zero attached hydrogens (tertiary/aromatic N) is 1. The molecule has 0 unspecified atom stereocenters. The maximum Gasteiger partial charge on any atom is 0.213 e. The lowest BCUT2D eigenvalue weighted by atomic mass is 10.1. The van der Waals surface area contributed by atoms with Crippen molar-refractivity contribution >= 4 is 23.1 Å². The van der Waals surface area contributed by atoms with E-state index < -0.39 is 0 Å². The van der Waals surface area contributed by atoms with Crippen molar-refractivity contribution in [1.82, 2.24) is 0 Å². The number of aromatic nitrogens is 1. The summed E-state index contributed by atoms with van der Waals surface area (Å²) >= 11 is 0. The van der Waals surface area contributed by atoms with Crippen molar-refractivity contribution in [3.63, 3.8) is 0 Å². The van der Waals surface area contributed by atoms with Gasteiger partial charge in [-0.2, -0.15) is 4.57 Å². The number of benzene rings is 2. The Morgan fingerprint density at radius 3 is 2.44 bits per heavy atom. The Morgan fingerprint density at radius 2 is 1.63 bits per heavy atom. The van der Waals surface area contributed by atoms with Crippen LogP contribution >= 0.6 is 0 Å². The molecule has 0 spiro atoms. The van der Waals surface area contributed by atoms with Crippen LogP contribution in [0.3, 0.4) is 0 Å². The van der Waals surface area contributed by atoms with Gasteiger partial charge in [0.1, 0.15) is 0 Å². The first-order valence-corrected chi connectivity index (χ1v) is 9.28. The molecule has 1 fully saturated rings. The van der Waals surface area contributed by atoms with Gasteiger partial charge in [0.25, 0.3) is 0 Å². The van der Waals surface area contributed by atoms with Crippen molar-refractivity contribution in [3.8, 4) is 0 Å². The number of hydrogen-bond donors (Lipinski definition) is 0. The number of para-hydroxylation sites is 1. The van der Waals surface area contributed by atoms with Crippen molar-refractivity contribution in [3.05, 3.63) is 78.0 Å². The van der Waals surface area contributed by atoms with Crippen molar-refractivity contribution in [1.29, 1.82) is 0 Å². The van der Waals surface area contributed by atoms with Gasteiger partial charge in [0.05, 0.1) is 25.0 Å². The molecule has 3 aromatic rings. The molecule has 0 saturated carbocycles. The van der Waals surface area contributed by atoms with Crippen LogP contribution in [-0.2, 0) is 16.0 Å². The van der Waals surface area contributed by atoms with Gasteiger partial charge in [0, 0.05) is 12.1 Å². The molecular formula is C23H24BrNO2. The molecule has 4 heteroatoms. The minimum Gasteiger partial charge on any atom is -1.00 e. The molecular weight excluding hydrogens is 402 g/mol. The molecule has 0 radical (unpaired) electrons. The summed E-state index contributed by atoms with van der Waals surface area (Å²) in [5.74, 6) is 0. The fourth-order valence-electron chi connectivity index (χ4n) is 3.35. The second-order valence-electron chi connectivity index (χ2n) is 6.54. The van der Waals surface area contributed by atoms with Gasteiger partial charge in [0.15, 0.2) is 19.0 Å². The van der Waals surface area contributed by atoms with Crippen LogP contribution in [0.2, 0.25) is 0 Å². The zero-order valence-electron chi connectivity index (χ0n) is 15.3. The normalized spacial score (nSPS) is 15.1. The summed E-state index contributed by atoms with van der Waals surface area (Å²) < 4.78 is 13.6. The quantitative estimate of drug-likeness (QED) is 0.577. The monoisotopic (exact) mass is 425 g/mol. The Morgan fingerprint density at radius 1 is 0.889 bits per heavy atom. The van der Waals surface area contributed by atoms with Gasteiger partial charge >= 0.3 is 0 Å². The minimum atomic E-state index is -0.0762. The lowest BCUT2D eigenvalue weighted by Gasteiger charge is -2.22. The predicted molar refractivity (Wildman–Crippen MR) is 104 cm³/mol. The highest BCUT2D eigenvalue weighted by Gasteiger charge is 2.18. The fourth-order valence-corrected chi connectivity index (χ4v) is 3.35. The van der Waals surface area contributed by atoms with E-state index in [1.807, 2.05) is 6.07 Å². The third-order valence-electron chi connectivity index (χ3n) is 4.72. The van der Waals surface area contributed by atoms with E-state index in [2.05, 4.69) is 77.5 Å². The molecule has 4 rings (SSSR count). The second-order valence-corrected chi connectivity index (χ2v) is 6.54. The number of fused-ring (bicyclic) bond motifs is 1. The van der Waals surface area contributed by atoms with Gasteiger partial charge < -0.3 is 26.5 Å². The number of rotatable bonds is 5. The molecule has 0 N–H and O–H groups in total. The maximum absolute atomic E-state index is 5.68. The van der Waals surface area contributed by atoms with Gasteiger partial charge in [-0.3, -0.25) is 0 Å². The van der Waals surface area contributed by atoms with Crippen LogP contribution < -0.4 is 21.5 Å². The highest BCUT2D eigenvalue weighted by Crippen LogP contribution is 2.18. The molecule has 0 amide bonds. The molecule has 140 valence electrons. The highest BCUT2D eigenvalue weighted by atomic mass is 79.9. The van der Waals surface area contributed by atoms with Crippen molar-refractivity contribution in [2.45, 2.75) is 25.7 Å². The Labute approximate surface area is 171 Å². The summed E-state index contributed by atoms with van der Waals surface area (Å²) in [6, 6.07) is 21.1. The molecule has 0 bridgehead atoms. The zero-order valence-corrected chi connectivity index (χ0v) is 16.8. The lowest BCUT2D eigenvalue weighted by molar-refractivity contribution is -0.673. The van der Waals surface area contributed by atoms with E-state index in [1.54, 1.807) is 0 Å². The van der Waals surface area contributed by atoms with Crippen molar-refractivity contribution in [2.75, 3.05) is 13.2 Å².